The average Bonchev–Trinajstić information content (AvgIpc) is 2.83. The summed E-state index contributed by atoms with van der Waals surface area (Å²) in [5.74, 6) is 5.33. The van der Waals surface area contributed by atoms with E-state index in [9.17, 15) is 0 Å². The minimum Gasteiger partial charge on any atom is -0.316 e. The maximum absolute atomic E-state index is 3.58. The molecule has 1 N–H and O–H groups in total. The molecule has 3 rings (SSSR count). The summed E-state index contributed by atoms with van der Waals surface area (Å²) in [7, 11) is 0. The zero-order chi connectivity index (χ0) is 10.3. The molecule has 0 aromatic carbocycles. The molecule has 1 nitrogen and oxygen atoms in total. The second-order valence-electron chi connectivity index (χ2n) is 6.40. The van der Waals surface area contributed by atoms with Crippen molar-refractivity contribution in [3.63, 3.8) is 0 Å². The highest BCUT2D eigenvalue weighted by Crippen LogP contribution is 2.51. The lowest BCUT2D eigenvalue weighted by molar-refractivity contribution is 0.191. The Morgan fingerprint density at radius 2 is 2.00 bits per heavy atom. The fourth-order valence-corrected chi connectivity index (χ4v) is 4.42. The van der Waals surface area contributed by atoms with Crippen molar-refractivity contribution in [2.24, 2.45) is 29.6 Å². The predicted octanol–water partition coefficient (Wildman–Crippen LogP) is 3.06. The van der Waals surface area contributed by atoms with Gasteiger partial charge in [-0.3, -0.25) is 0 Å². The van der Waals surface area contributed by atoms with Crippen LogP contribution in [-0.4, -0.2) is 13.1 Å². The van der Waals surface area contributed by atoms with Gasteiger partial charge in [-0.1, -0.05) is 13.3 Å². The van der Waals surface area contributed by atoms with Crippen molar-refractivity contribution < 1.29 is 0 Å². The van der Waals surface area contributed by atoms with Crippen LogP contribution >= 0.6 is 0 Å². The molecule has 1 saturated heterocycles. The zero-order valence-corrected chi connectivity index (χ0v) is 10.0. The highest BCUT2D eigenvalue weighted by Gasteiger charge is 2.40. The van der Waals surface area contributed by atoms with Crippen LogP contribution in [0.3, 0.4) is 0 Å². The van der Waals surface area contributed by atoms with E-state index in [1.807, 2.05) is 0 Å². The molecular formula is C14H25N. The summed E-state index contributed by atoms with van der Waals surface area (Å²) < 4.78 is 0. The average molecular weight is 207 g/mol. The SMILES string of the molecule is CC1CCNCC1CC1CC2CCC1C2. The molecule has 2 aliphatic carbocycles. The van der Waals surface area contributed by atoms with Gasteiger partial charge in [0.15, 0.2) is 0 Å². The smallest absolute Gasteiger partial charge is 0.00179 e. The summed E-state index contributed by atoms with van der Waals surface area (Å²) in [4.78, 5) is 0. The first-order valence-corrected chi connectivity index (χ1v) is 7.03. The Bertz CT molecular complexity index is 225. The first-order valence-electron chi connectivity index (χ1n) is 7.03. The van der Waals surface area contributed by atoms with Gasteiger partial charge in [0.25, 0.3) is 0 Å². The zero-order valence-electron chi connectivity index (χ0n) is 10.0. The molecule has 0 aromatic heterocycles. The minimum atomic E-state index is 0.977. The number of fused-ring (bicyclic) bond motifs is 2. The van der Waals surface area contributed by atoms with Crippen molar-refractivity contribution >= 4 is 0 Å². The molecule has 2 bridgehead atoms. The third kappa shape index (κ3) is 1.95. The van der Waals surface area contributed by atoms with Crippen LogP contribution in [0.2, 0.25) is 0 Å². The number of piperidine rings is 1. The largest absolute Gasteiger partial charge is 0.316 e. The van der Waals surface area contributed by atoms with Crippen LogP contribution in [0.5, 0.6) is 0 Å². The quantitative estimate of drug-likeness (QED) is 0.734. The molecule has 2 saturated carbocycles. The Morgan fingerprint density at radius 3 is 2.67 bits per heavy atom. The van der Waals surface area contributed by atoms with Crippen molar-refractivity contribution in [1.29, 1.82) is 0 Å². The standard InChI is InChI=1S/C14H25N/c1-10-4-5-15-9-14(10)8-13-7-11-2-3-12(13)6-11/h10-15H,2-9H2,1H3. The molecule has 0 aromatic rings. The molecule has 0 amide bonds. The maximum atomic E-state index is 3.58. The van der Waals surface area contributed by atoms with Crippen molar-refractivity contribution in [3.8, 4) is 0 Å². The van der Waals surface area contributed by atoms with Gasteiger partial charge in [-0.2, -0.15) is 0 Å². The van der Waals surface area contributed by atoms with E-state index < -0.39 is 0 Å². The fraction of sp³-hybridized carbons (Fsp3) is 1.00. The summed E-state index contributed by atoms with van der Waals surface area (Å²) in [6.07, 6.45) is 9.22. The molecule has 15 heavy (non-hydrogen) atoms. The molecule has 1 heterocycles. The molecule has 5 unspecified atom stereocenters. The Morgan fingerprint density at radius 1 is 1.07 bits per heavy atom. The topological polar surface area (TPSA) is 12.0 Å². The van der Waals surface area contributed by atoms with Gasteiger partial charge >= 0.3 is 0 Å². The van der Waals surface area contributed by atoms with E-state index >= 15 is 0 Å². The summed E-state index contributed by atoms with van der Waals surface area (Å²) in [5, 5.41) is 3.58. The number of hydrogen-bond donors (Lipinski definition) is 1. The molecule has 0 radical (unpaired) electrons. The molecule has 86 valence electrons. The lowest BCUT2D eigenvalue weighted by Gasteiger charge is -2.33. The highest BCUT2D eigenvalue weighted by molar-refractivity contribution is 4.92. The van der Waals surface area contributed by atoms with Gasteiger partial charge < -0.3 is 5.32 Å². The third-order valence-corrected chi connectivity index (χ3v) is 5.48. The maximum Gasteiger partial charge on any atom is -0.00179 e. The van der Waals surface area contributed by atoms with Crippen molar-refractivity contribution in [3.05, 3.63) is 0 Å². The van der Waals surface area contributed by atoms with Crippen LogP contribution < -0.4 is 5.32 Å². The second kappa shape index (κ2) is 4.08. The van der Waals surface area contributed by atoms with E-state index in [1.165, 1.54) is 25.9 Å². The Balaban J connectivity index is 1.56. The first kappa shape index (κ1) is 10.1. The molecule has 1 heteroatoms. The van der Waals surface area contributed by atoms with Gasteiger partial charge in [0.1, 0.15) is 0 Å². The number of rotatable bonds is 2. The highest BCUT2D eigenvalue weighted by atomic mass is 14.9. The van der Waals surface area contributed by atoms with Gasteiger partial charge in [-0.25, -0.2) is 0 Å². The van der Waals surface area contributed by atoms with Gasteiger partial charge in [0, 0.05) is 0 Å². The number of hydrogen-bond acceptors (Lipinski definition) is 1. The molecule has 0 spiro atoms. The van der Waals surface area contributed by atoms with Crippen LogP contribution in [0.4, 0.5) is 0 Å². The predicted molar refractivity (Wildman–Crippen MR) is 63.7 cm³/mol. The lowest BCUT2D eigenvalue weighted by Crippen LogP contribution is -2.36. The molecule has 1 aliphatic heterocycles. The van der Waals surface area contributed by atoms with E-state index in [-0.39, 0.29) is 0 Å². The summed E-state index contributed by atoms with van der Waals surface area (Å²) >= 11 is 0. The van der Waals surface area contributed by atoms with Crippen LogP contribution in [0, 0.1) is 29.6 Å². The normalized spacial score (nSPS) is 49.8. The number of nitrogens with one attached hydrogen (secondary N) is 1. The Labute approximate surface area is 94.0 Å². The molecule has 3 aliphatic rings. The Kier molecular flexibility index (Phi) is 2.76. The van der Waals surface area contributed by atoms with E-state index in [0.717, 1.165) is 29.6 Å². The van der Waals surface area contributed by atoms with Gasteiger partial charge in [0.2, 0.25) is 0 Å². The van der Waals surface area contributed by atoms with Crippen LogP contribution in [0.15, 0.2) is 0 Å². The molecule has 3 fully saturated rings. The lowest BCUT2D eigenvalue weighted by atomic mass is 9.76. The van der Waals surface area contributed by atoms with Crippen LogP contribution in [0.25, 0.3) is 0 Å². The van der Waals surface area contributed by atoms with E-state index in [0.29, 0.717) is 0 Å². The summed E-state index contributed by atoms with van der Waals surface area (Å²) in [6.45, 7) is 5.03. The first-order chi connectivity index (χ1) is 7.33. The van der Waals surface area contributed by atoms with Crippen LogP contribution in [0.1, 0.15) is 45.4 Å². The third-order valence-electron chi connectivity index (χ3n) is 5.48. The van der Waals surface area contributed by atoms with E-state index in [1.54, 1.807) is 25.7 Å². The van der Waals surface area contributed by atoms with Crippen molar-refractivity contribution in [2.45, 2.75) is 45.4 Å². The van der Waals surface area contributed by atoms with Gasteiger partial charge in [0.05, 0.1) is 0 Å². The minimum absolute atomic E-state index is 0.977. The van der Waals surface area contributed by atoms with Gasteiger partial charge in [-0.15, -0.1) is 0 Å². The second-order valence-corrected chi connectivity index (χ2v) is 6.40. The van der Waals surface area contributed by atoms with Gasteiger partial charge in [-0.05, 0) is 74.8 Å². The molecular weight excluding hydrogens is 182 g/mol. The van der Waals surface area contributed by atoms with Crippen molar-refractivity contribution in [1.82, 2.24) is 5.32 Å². The van der Waals surface area contributed by atoms with E-state index in [2.05, 4.69) is 12.2 Å². The van der Waals surface area contributed by atoms with Crippen LogP contribution in [-0.2, 0) is 0 Å². The summed E-state index contributed by atoms with van der Waals surface area (Å²) in [5.41, 5.74) is 0. The monoisotopic (exact) mass is 207 g/mol. The Hall–Kier alpha value is -0.0400. The molecule has 5 atom stereocenters. The fourth-order valence-electron chi connectivity index (χ4n) is 4.42. The van der Waals surface area contributed by atoms with Crippen molar-refractivity contribution in [2.75, 3.05) is 13.1 Å². The van der Waals surface area contributed by atoms with E-state index in [4.69, 9.17) is 0 Å². The summed E-state index contributed by atoms with van der Waals surface area (Å²) in [6, 6.07) is 0.